The number of Topliss-reactive ketones (excluding diaryl/α,β-unsaturated/α-hetero) is 2. The topological polar surface area (TPSA) is 467 Å². The van der Waals surface area contributed by atoms with Crippen LogP contribution in [0.5, 0.6) is 0 Å². The second-order valence-electron chi connectivity index (χ2n) is 27.2. The fourth-order valence-corrected chi connectivity index (χ4v) is 13.2. The van der Waals surface area contributed by atoms with E-state index in [1.165, 1.54) is 19.4 Å². The van der Waals surface area contributed by atoms with E-state index in [1.807, 2.05) is 177 Å². The average molecular weight is 2160 g/mol. The van der Waals surface area contributed by atoms with Gasteiger partial charge in [-0.05, 0) is 186 Å². The number of aliphatic hydroxyl groups is 2. The Kier molecular flexibility index (Phi) is 45.9. The molecule has 32 nitrogen and oxygen atoms in total. The van der Waals surface area contributed by atoms with E-state index in [1.54, 1.807) is 91.8 Å². The highest BCUT2D eigenvalue weighted by Crippen LogP contribution is 2.38. The second kappa shape index (κ2) is 54.5. The van der Waals surface area contributed by atoms with Crippen LogP contribution in [-0.2, 0) is 25.0 Å². The number of nitrogens with one attached hydrogen (secondary N) is 2. The maximum atomic E-state index is 12.5. The molecule has 2 aliphatic rings. The number of primary amides is 1. The van der Waals surface area contributed by atoms with E-state index in [0.29, 0.717) is 96.7 Å². The van der Waals surface area contributed by atoms with Crippen molar-refractivity contribution in [2.45, 2.75) is 108 Å². The molecular weight excluding hydrogens is 2070 g/mol. The molecule has 3 amide bonds. The molecule has 2 unspecified atom stereocenters. The molecule has 15 rings (SSSR count). The molecule has 12 heterocycles. The zero-order valence-electron chi connectivity index (χ0n) is 71.4. The van der Waals surface area contributed by atoms with Crippen molar-refractivity contribution in [1.82, 2.24) is 58.8 Å². The molecule has 40 heteroatoms. The largest absolute Gasteiger partial charge is 0.488 e. The number of anilines is 2. The highest BCUT2D eigenvalue weighted by Gasteiger charge is 2.36. The number of aryl methyl sites for hydroxylation is 9. The molecule has 670 valence electrons. The predicted molar refractivity (Wildman–Crippen MR) is 517 cm³/mol. The molecule has 129 heavy (non-hydrogen) atoms. The molecule has 2 aliphatic heterocycles. The van der Waals surface area contributed by atoms with Crippen molar-refractivity contribution in [3.8, 4) is 34.4 Å². The van der Waals surface area contributed by atoms with Crippen LogP contribution in [0.25, 0.3) is 48.9 Å². The Labute approximate surface area is 796 Å². The number of ketones is 2. The Balaban J connectivity index is 0.000000307. The van der Waals surface area contributed by atoms with Crippen LogP contribution < -0.4 is 33.3 Å². The molecule has 0 bridgehead atoms. The van der Waals surface area contributed by atoms with Gasteiger partial charge in [-0.15, -0.1) is 12.6 Å². The summed E-state index contributed by atoms with van der Waals surface area (Å²) >= 11 is 18.6. The molecule has 10 aromatic heterocycles. The van der Waals surface area contributed by atoms with Crippen molar-refractivity contribution >= 4 is 179 Å². The summed E-state index contributed by atoms with van der Waals surface area (Å²) in [7, 11) is -4.45. The zero-order chi connectivity index (χ0) is 96.6. The molecule has 0 aliphatic carbocycles. The van der Waals surface area contributed by atoms with Crippen LogP contribution in [0.3, 0.4) is 0 Å². The number of nitrogens with two attached hydrogens (primary N) is 3. The summed E-state index contributed by atoms with van der Waals surface area (Å²) in [6.45, 7) is 42.3. The number of aliphatic hydroxyl groups excluding tert-OH is 2. The number of carboxylic acid groups (broad SMARTS) is 1. The van der Waals surface area contributed by atoms with Crippen LogP contribution in [0.2, 0.25) is 0 Å². The van der Waals surface area contributed by atoms with Gasteiger partial charge in [0.05, 0.1) is 36.4 Å². The lowest BCUT2D eigenvalue weighted by Crippen LogP contribution is -2.29. The maximum Gasteiger partial charge on any atom is 0.488 e. The standard InChI is InChI=1S/C19H17N3O2.C13H12BrN3O2.C12H12BrN3O.C12H10BrN3.C7H8.C6H7BO2.C6H4BrN3.C6H5N3.C6H10O2.C2H4O2.Br2.O3S/c1-11-8-9-12(2)22(11)17-16-15(18(23)21-19(16)24)14(10-20-17)13-6-4-3-5-7-13;1-6-3-4-7(2)17(6)11-10-9(8(14)5-15-11)12(18)16-13(10)19;1-7-3-4-8(2)16(7)12-10(11(14)17)5-9(13)6-15-12;1-8-4-5-9(2)16(8)12-11(14-3)6-10(13)7-15-12;1-7-5-3-2-4-6-7;8-7(9)6-4-2-1-3-5-6;1-9-5-2-4(7)3-10-6(5)8;1-8-5-3-2-4-9-6(5)7;1-5(7)3-4-6(2)8;1-2(3)4;1-2;1-4(2)3/h3-10,18,23H,1-2H3,(H,21,24);3-5,12,18H,1-2H3,(H,16,19);3-6H,1-2H3,(H2,14,17);4-7H,1-2H3;2-6H,1H3;1-5,8-9H;2-3H,(H2,8,10);2-4H,(H2,7,9);3-4H2,1-2H3;1H3,(H,3,4);;. The molecule has 0 saturated heterocycles. The first-order valence-corrected chi connectivity index (χ1v) is 45.7. The second-order valence-corrected chi connectivity index (χ2v) is 31.2. The summed E-state index contributed by atoms with van der Waals surface area (Å²) in [5, 5.41) is 49.9. The predicted octanol–water partition coefficient (Wildman–Crippen LogP) is 17.3. The van der Waals surface area contributed by atoms with Crippen LogP contribution in [-0.4, -0.2) is 129 Å². The Morgan fingerprint density at radius 2 is 0.806 bits per heavy atom. The third kappa shape index (κ3) is 33.5. The van der Waals surface area contributed by atoms with E-state index >= 15 is 0 Å². The van der Waals surface area contributed by atoms with E-state index in [-0.39, 0.29) is 29.2 Å². The Bertz CT molecular complexity index is 6210. The van der Waals surface area contributed by atoms with Crippen LogP contribution in [0.4, 0.5) is 28.7 Å². The Morgan fingerprint density at radius 3 is 1.17 bits per heavy atom. The van der Waals surface area contributed by atoms with Gasteiger partial charge in [0.25, 0.3) is 23.7 Å². The summed E-state index contributed by atoms with van der Waals surface area (Å²) in [5.74, 6) is 1.18. The highest BCUT2D eigenvalue weighted by molar-refractivity contribution is 9.93. The fraction of sp³-hybridized carbons (Fsp3) is 0.180. The molecule has 13 N–H and O–H groups in total. The maximum absolute atomic E-state index is 12.5. The van der Waals surface area contributed by atoms with Crippen LogP contribution in [0.1, 0.15) is 139 Å². The van der Waals surface area contributed by atoms with Gasteiger partial charge in [0, 0.05) is 165 Å². The lowest BCUT2D eigenvalue weighted by Gasteiger charge is -2.15. The van der Waals surface area contributed by atoms with Crippen LogP contribution in [0, 0.1) is 82.0 Å². The molecule has 0 fully saturated rings. The van der Waals surface area contributed by atoms with E-state index in [2.05, 4.69) is 166 Å². The van der Waals surface area contributed by atoms with E-state index in [4.69, 9.17) is 69.5 Å². The molecule has 0 radical (unpaired) electrons. The number of halogens is 6. The van der Waals surface area contributed by atoms with Gasteiger partial charge in [0.2, 0.25) is 17.1 Å². The quantitative estimate of drug-likeness (QED) is 0.0449. The normalized spacial score (nSPS) is 11.6. The van der Waals surface area contributed by atoms with Gasteiger partial charge in [-0.2, -0.15) is 0 Å². The lowest BCUT2D eigenvalue weighted by atomic mass is 9.81. The first-order chi connectivity index (χ1) is 61.1. The van der Waals surface area contributed by atoms with Crippen molar-refractivity contribution in [3.05, 3.63) is 338 Å². The number of nitrogens with zero attached hydrogens (tertiary/aromatic N) is 13. The number of aromatic nitrogens is 10. The number of hydrogen-bond acceptors (Lipinski definition) is 21. The number of nitrogen functional groups attached to an aromatic ring is 2. The minimum absolute atomic E-state index is 0.0835. The molecular formula is C89H89BBr6N18O14S. The summed E-state index contributed by atoms with van der Waals surface area (Å²) in [6, 6.07) is 52.9. The van der Waals surface area contributed by atoms with Crippen molar-refractivity contribution < 1.29 is 66.8 Å². The number of carbonyl (C=O) groups is 6. The minimum atomic E-state index is -3.11. The third-order valence-corrected chi connectivity index (χ3v) is 19.5. The van der Waals surface area contributed by atoms with Crippen molar-refractivity contribution in [1.29, 1.82) is 0 Å². The number of rotatable bonds is 10. The SMILES string of the molecule is BrBr.CC(=O)CCC(C)=O.CC(=O)O.Cc1ccc(C)n1-c1ncc(-c2ccccc2)c2c1C(=O)NC2O.Cc1ccc(C)n1-c1ncc(Br)c2c1C(=O)NC2O.Cc1ccc(C)n1-c1ncc(Br)cc1C(N)=O.Cc1ccccc1.O=S(=O)=O.OB(O)c1ccccc1.[C-]#[N+]c1cc(Br)cnc1-n1c(C)ccc1C.[C-]#[N+]c1cc(Br)cnc1N.[C-]#[N+]c1cccnc1N. The van der Waals surface area contributed by atoms with Gasteiger partial charge in [-0.3, -0.25) is 29.1 Å². The summed E-state index contributed by atoms with van der Waals surface area (Å²) in [6.07, 6.45) is 8.60. The van der Waals surface area contributed by atoms with Gasteiger partial charge in [-0.25, -0.2) is 34.5 Å². The van der Waals surface area contributed by atoms with Crippen molar-refractivity contribution in [2.24, 2.45) is 5.73 Å². The van der Waals surface area contributed by atoms with Crippen LogP contribution in [0.15, 0.2) is 225 Å². The van der Waals surface area contributed by atoms with Crippen molar-refractivity contribution in [3.63, 3.8) is 0 Å². The number of carboxylic acids is 1. The Hall–Kier alpha value is -12.6. The summed E-state index contributed by atoms with van der Waals surface area (Å²) in [4.78, 5) is 100. The number of fused-ring (bicyclic) bond motifs is 2. The van der Waals surface area contributed by atoms with E-state index < -0.39 is 42.1 Å². The number of amides is 3. The van der Waals surface area contributed by atoms with Crippen LogP contribution >= 0.6 is 92.0 Å². The third-order valence-electron chi connectivity index (χ3n) is 17.5. The zero-order valence-corrected chi connectivity index (χ0v) is 81.7. The van der Waals surface area contributed by atoms with Gasteiger partial charge in [-0.1, -0.05) is 141 Å². The first kappa shape index (κ1) is 109. The van der Waals surface area contributed by atoms with Crippen molar-refractivity contribution in [2.75, 3.05) is 11.5 Å². The molecule has 0 spiro atoms. The van der Waals surface area contributed by atoms with Gasteiger partial charge >= 0.3 is 17.7 Å². The minimum Gasteiger partial charge on any atom is -0.481 e. The number of benzene rings is 3. The number of aliphatic carboxylic acids is 1. The first-order valence-electron chi connectivity index (χ1n) is 37.8. The summed E-state index contributed by atoms with van der Waals surface area (Å²) in [5.41, 5.74) is 31.5. The fourth-order valence-electron chi connectivity index (χ4n) is 11.8. The number of hydrogen-bond donors (Lipinski definition) is 10. The number of pyridine rings is 6. The van der Waals surface area contributed by atoms with Gasteiger partial charge in [0.15, 0.2) is 12.5 Å². The summed E-state index contributed by atoms with van der Waals surface area (Å²) < 4.78 is 36.0. The molecule has 2 atom stereocenters. The Morgan fingerprint density at radius 1 is 0.465 bits per heavy atom. The van der Waals surface area contributed by atoms with E-state index in [0.717, 1.165) is 77.0 Å². The molecule has 3 aromatic carbocycles. The van der Waals surface area contributed by atoms with Gasteiger partial charge in [0.1, 0.15) is 46.5 Å². The smallest absolute Gasteiger partial charge is 0.481 e. The van der Waals surface area contributed by atoms with E-state index in [9.17, 15) is 34.2 Å². The number of carbonyl (C=O) groups excluding carboxylic acids is 5. The molecule has 13 aromatic rings. The monoisotopic (exact) mass is 2150 g/mol. The lowest BCUT2D eigenvalue weighted by molar-refractivity contribution is -0.134. The molecule has 0 saturated carbocycles. The van der Waals surface area contributed by atoms with Gasteiger partial charge < -0.3 is 81.1 Å². The average Bonchev–Trinajstić information content (AvgIpc) is 1.61. The highest BCUT2D eigenvalue weighted by atomic mass is 80.9.